The molecule has 3 aromatic carbocycles. The maximum Gasteiger partial charge on any atom is 0.339 e. The first-order chi connectivity index (χ1) is 20.4. The zero-order valence-electron chi connectivity index (χ0n) is 23.0. The van der Waals surface area contributed by atoms with Gasteiger partial charge in [-0.1, -0.05) is 42.5 Å². The Morgan fingerprint density at radius 2 is 1.62 bits per heavy atom. The van der Waals surface area contributed by atoms with E-state index in [1.54, 1.807) is 66.7 Å². The molecule has 2 heterocycles. The van der Waals surface area contributed by atoms with E-state index in [-0.39, 0.29) is 35.0 Å². The molecule has 7 rings (SSSR count). The number of para-hydroxylation sites is 1. The molecule has 1 saturated heterocycles. The zero-order valence-corrected chi connectivity index (χ0v) is 23.0. The molecule has 2 bridgehead atoms. The molecule has 0 unspecified atom stereocenters. The predicted octanol–water partition coefficient (Wildman–Crippen LogP) is 5.49. The number of hydrogen-bond donors (Lipinski definition) is 0. The molecule has 1 aliphatic heterocycles. The second-order valence-electron chi connectivity index (χ2n) is 11.3. The van der Waals surface area contributed by atoms with E-state index in [4.69, 9.17) is 14.5 Å². The number of benzene rings is 3. The normalized spacial score (nSPS) is 22.5. The maximum absolute atomic E-state index is 13.4. The molecule has 1 aromatic heterocycles. The van der Waals surface area contributed by atoms with Gasteiger partial charge in [0.2, 0.25) is 11.8 Å². The second-order valence-corrected chi connectivity index (χ2v) is 11.3. The van der Waals surface area contributed by atoms with Gasteiger partial charge in [0.1, 0.15) is 5.75 Å². The van der Waals surface area contributed by atoms with Crippen molar-refractivity contribution in [2.45, 2.75) is 19.3 Å². The average Bonchev–Trinajstić information content (AvgIpc) is 3.72. The van der Waals surface area contributed by atoms with Crippen molar-refractivity contribution in [2.24, 2.45) is 23.7 Å². The third kappa shape index (κ3) is 4.26. The summed E-state index contributed by atoms with van der Waals surface area (Å²) in [5.74, 6) is -0.502. The van der Waals surface area contributed by atoms with Gasteiger partial charge in [-0.2, -0.15) is 0 Å². The summed E-state index contributed by atoms with van der Waals surface area (Å²) in [4.78, 5) is 59.0. The van der Waals surface area contributed by atoms with Gasteiger partial charge in [-0.05, 0) is 67.5 Å². The highest BCUT2D eigenvalue weighted by molar-refractivity contribution is 6.22. The molecule has 0 spiro atoms. The number of nitrogens with zero attached hydrogens (tertiary/aromatic N) is 2. The lowest BCUT2D eigenvalue weighted by atomic mass is 9.81. The number of rotatable bonds is 7. The Labute approximate surface area is 242 Å². The van der Waals surface area contributed by atoms with E-state index in [0.717, 1.165) is 19.3 Å². The summed E-state index contributed by atoms with van der Waals surface area (Å²) in [5.41, 5.74) is 2.87. The summed E-state index contributed by atoms with van der Waals surface area (Å²) < 4.78 is 10.6. The monoisotopic (exact) mass is 560 g/mol. The molecule has 8 heteroatoms. The standard InChI is InChI=1S/C34H28N2O6/c1-41-24-9-5-7-20(16-24)29(37)18-42-34(40)26-17-28(35-27-11-3-2-10-25(26)27)19-6-4-8-23(15-19)36-32(38)30-21-12-13-22(14-21)31(30)33(36)39/h2-11,15-17,21-22,30-31H,12-14,18H2,1H3/t21-,22+,30-,31+. The van der Waals surface area contributed by atoms with Crippen LogP contribution in [0.15, 0.2) is 78.9 Å². The molecule has 4 atom stereocenters. The maximum atomic E-state index is 13.4. The van der Waals surface area contributed by atoms with Crippen LogP contribution in [0.3, 0.4) is 0 Å². The number of carbonyl (C=O) groups excluding carboxylic acids is 4. The molecule has 0 N–H and O–H groups in total. The molecular formula is C34H28N2O6. The molecular weight excluding hydrogens is 532 g/mol. The van der Waals surface area contributed by atoms with E-state index in [1.807, 2.05) is 12.1 Å². The van der Waals surface area contributed by atoms with E-state index in [9.17, 15) is 19.2 Å². The average molecular weight is 561 g/mol. The summed E-state index contributed by atoms with van der Waals surface area (Å²) in [6.07, 6.45) is 3.01. The molecule has 8 nitrogen and oxygen atoms in total. The van der Waals surface area contributed by atoms with Gasteiger partial charge < -0.3 is 9.47 Å². The summed E-state index contributed by atoms with van der Waals surface area (Å²) >= 11 is 0. The number of fused-ring (bicyclic) bond motifs is 6. The first-order valence-corrected chi connectivity index (χ1v) is 14.2. The number of ketones is 1. The van der Waals surface area contributed by atoms with Crippen LogP contribution in [0, 0.1) is 23.7 Å². The molecule has 3 fully saturated rings. The van der Waals surface area contributed by atoms with Crippen molar-refractivity contribution in [2.75, 3.05) is 18.6 Å². The molecule has 2 amide bonds. The fourth-order valence-corrected chi connectivity index (χ4v) is 7.05. The fraction of sp³-hybridized carbons (Fsp3) is 0.265. The van der Waals surface area contributed by atoms with Gasteiger partial charge in [-0.3, -0.25) is 19.3 Å². The van der Waals surface area contributed by atoms with E-state index in [0.29, 0.717) is 51.0 Å². The molecule has 42 heavy (non-hydrogen) atoms. The summed E-state index contributed by atoms with van der Waals surface area (Å²) in [6.45, 7) is -0.434. The number of esters is 1. The van der Waals surface area contributed by atoms with Gasteiger partial charge in [-0.25, -0.2) is 9.78 Å². The van der Waals surface area contributed by atoms with Gasteiger partial charge in [0, 0.05) is 16.5 Å². The minimum absolute atomic E-state index is 0.106. The van der Waals surface area contributed by atoms with Crippen LogP contribution in [0.4, 0.5) is 5.69 Å². The molecule has 2 saturated carbocycles. The number of carbonyl (C=O) groups is 4. The van der Waals surface area contributed by atoms with Crippen LogP contribution in [0.5, 0.6) is 5.75 Å². The Kier molecular flexibility index (Phi) is 6.34. The number of Topliss-reactive ketones (excluding diaryl/α,β-unsaturated/α-hetero) is 1. The Morgan fingerprint density at radius 1 is 0.881 bits per heavy atom. The highest BCUT2D eigenvalue weighted by atomic mass is 16.5. The van der Waals surface area contributed by atoms with E-state index in [2.05, 4.69) is 0 Å². The van der Waals surface area contributed by atoms with E-state index >= 15 is 0 Å². The van der Waals surface area contributed by atoms with Crippen molar-refractivity contribution in [1.29, 1.82) is 0 Å². The van der Waals surface area contributed by atoms with Gasteiger partial charge in [-0.15, -0.1) is 0 Å². The van der Waals surface area contributed by atoms with E-state index < -0.39 is 12.6 Å². The highest BCUT2D eigenvalue weighted by Gasteiger charge is 2.61. The highest BCUT2D eigenvalue weighted by Crippen LogP contribution is 2.56. The van der Waals surface area contributed by atoms with Gasteiger partial charge in [0.05, 0.1) is 41.4 Å². The Morgan fingerprint density at radius 3 is 2.38 bits per heavy atom. The Hall–Kier alpha value is -4.85. The minimum atomic E-state index is -0.657. The van der Waals surface area contributed by atoms with Gasteiger partial charge in [0.15, 0.2) is 12.4 Å². The number of amides is 2. The first kappa shape index (κ1) is 26.1. The number of methoxy groups -OCH3 is 1. The van der Waals surface area contributed by atoms with Crippen molar-refractivity contribution in [3.05, 3.63) is 90.0 Å². The van der Waals surface area contributed by atoms with Crippen LogP contribution in [0.1, 0.15) is 40.0 Å². The number of anilines is 1. The lowest BCUT2D eigenvalue weighted by Crippen LogP contribution is -2.32. The van der Waals surface area contributed by atoms with Gasteiger partial charge >= 0.3 is 5.97 Å². The number of ether oxygens (including phenoxy) is 2. The van der Waals surface area contributed by atoms with Crippen molar-refractivity contribution in [1.82, 2.24) is 4.98 Å². The topological polar surface area (TPSA) is 103 Å². The minimum Gasteiger partial charge on any atom is -0.497 e. The Bertz CT molecular complexity index is 1750. The number of aromatic nitrogens is 1. The summed E-state index contributed by atoms with van der Waals surface area (Å²) in [5, 5.41) is 0.587. The summed E-state index contributed by atoms with van der Waals surface area (Å²) in [7, 11) is 1.51. The van der Waals surface area contributed by atoms with E-state index in [1.165, 1.54) is 12.0 Å². The van der Waals surface area contributed by atoms with Crippen LogP contribution in [0.2, 0.25) is 0 Å². The van der Waals surface area contributed by atoms with Crippen molar-refractivity contribution < 1.29 is 28.7 Å². The molecule has 2 aliphatic carbocycles. The molecule has 3 aliphatic rings. The first-order valence-electron chi connectivity index (χ1n) is 14.2. The predicted molar refractivity (Wildman–Crippen MR) is 155 cm³/mol. The molecule has 210 valence electrons. The van der Waals surface area contributed by atoms with Crippen molar-refractivity contribution >= 4 is 40.2 Å². The number of hydrogen-bond acceptors (Lipinski definition) is 7. The molecule has 0 radical (unpaired) electrons. The van der Waals surface area contributed by atoms with Crippen molar-refractivity contribution in [3.63, 3.8) is 0 Å². The quantitative estimate of drug-likeness (QED) is 0.167. The third-order valence-corrected chi connectivity index (χ3v) is 8.99. The van der Waals surface area contributed by atoms with Gasteiger partial charge in [0.25, 0.3) is 0 Å². The lowest BCUT2D eigenvalue weighted by molar-refractivity contribution is -0.123. The SMILES string of the molecule is COc1cccc(C(=O)COC(=O)c2cc(-c3cccc(N4C(=O)[C@@H]5[C@@H]6CC[C@@H](C6)[C@@H]5C4=O)c3)nc3ccccc23)c1. The lowest BCUT2D eigenvalue weighted by Gasteiger charge is -2.19. The summed E-state index contributed by atoms with van der Waals surface area (Å²) in [6, 6.07) is 22.6. The number of imide groups is 1. The zero-order chi connectivity index (χ0) is 29.0. The Balaban J connectivity index is 1.18. The van der Waals surface area contributed by atoms with Crippen LogP contribution in [-0.4, -0.2) is 42.3 Å². The number of pyridine rings is 1. The van der Waals surface area contributed by atoms with Crippen molar-refractivity contribution in [3.8, 4) is 17.0 Å². The van der Waals surface area contributed by atoms with Crippen LogP contribution < -0.4 is 9.64 Å². The molecule has 4 aromatic rings. The van der Waals surface area contributed by atoms with Crippen LogP contribution in [0.25, 0.3) is 22.2 Å². The smallest absolute Gasteiger partial charge is 0.339 e. The fourth-order valence-electron chi connectivity index (χ4n) is 7.05. The third-order valence-electron chi connectivity index (χ3n) is 8.99. The van der Waals surface area contributed by atoms with Crippen LogP contribution in [-0.2, 0) is 14.3 Å². The largest absolute Gasteiger partial charge is 0.497 e. The van der Waals surface area contributed by atoms with Crippen LogP contribution >= 0.6 is 0 Å². The second kappa shape index (κ2) is 10.2.